The Morgan fingerprint density at radius 3 is 2.54 bits per heavy atom. The molecule has 2 atom stereocenters. The van der Waals surface area contributed by atoms with E-state index in [-0.39, 0.29) is 23.4 Å². The average Bonchev–Trinajstić information content (AvgIpc) is 3.51. The number of alkyl halides is 1. The van der Waals surface area contributed by atoms with Gasteiger partial charge in [0.2, 0.25) is 0 Å². The molecule has 3 aromatic rings. The van der Waals surface area contributed by atoms with Crippen LogP contribution >= 0.6 is 0 Å². The number of anilines is 2. The van der Waals surface area contributed by atoms with Gasteiger partial charge in [-0.15, -0.1) is 0 Å². The van der Waals surface area contributed by atoms with Gasteiger partial charge in [0.25, 0.3) is 0 Å². The van der Waals surface area contributed by atoms with Crippen LogP contribution in [0.4, 0.5) is 15.9 Å². The van der Waals surface area contributed by atoms with Gasteiger partial charge in [-0.3, -0.25) is 9.80 Å². The molecule has 10 heteroatoms. The van der Waals surface area contributed by atoms with Crippen molar-refractivity contribution in [3.63, 3.8) is 0 Å². The number of hydrogen-bond donors (Lipinski definition) is 2. The van der Waals surface area contributed by atoms with Gasteiger partial charge >= 0.3 is 5.97 Å². The summed E-state index contributed by atoms with van der Waals surface area (Å²) in [5, 5.41) is 19.9. The second-order valence-corrected chi connectivity index (χ2v) is 9.29. The summed E-state index contributed by atoms with van der Waals surface area (Å²) < 4.78 is 15.5. The van der Waals surface area contributed by atoms with Crippen LogP contribution in [-0.2, 0) is 4.79 Å². The molecule has 2 aliphatic rings. The van der Waals surface area contributed by atoms with Crippen molar-refractivity contribution >= 4 is 35.1 Å². The molecule has 3 N–H and O–H groups in total. The van der Waals surface area contributed by atoms with Gasteiger partial charge in [-0.05, 0) is 44.7 Å². The number of hydrazone groups is 1. The Balaban J connectivity index is 1.47. The summed E-state index contributed by atoms with van der Waals surface area (Å²) >= 11 is 0. The predicted molar refractivity (Wildman–Crippen MR) is 130 cm³/mol. The zero-order valence-corrected chi connectivity index (χ0v) is 19.3. The maximum atomic E-state index is 14.0. The van der Waals surface area contributed by atoms with Crippen molar-refractivity contribution < 1.29 is 19.1 Å². The smallest absolute Gasteiger partial charge is 0.338 e. The largest absolute Gasteiger partial charge is 0.479 e. The number of halogens is 1. The molecular formula is C25H27FN6O3. The van der Waals surface area contributed by atoms with Crippen molar-refractivity contribution in [1.29, 1.82) is 0 Å². The number of nitrogens with two attached hydrogens (primary N) is 1. The van der Waals surface area contributed by atoms with E-state index < -0.39 is 18.1 Å². The molecule has 1 fully saturated rings. The third-order valence-corrected chi connectivity index (χ3v) is 7.11. The lowest BCUT2D eigenvalue weighted by molar-refractivity contribution is -0.145. The highest BCUT2D eigenvalue weighted by Crippen LogP contribution is 2.40. The number of fused-ring (bicyclic) bond motifs is 1. The van der Waals surface area contributed by atoms with E-state index in [9.17, 15) is 14.0 Å². The fraction of sp³-hybridized carbons (Fsp3) is 0.400. The first-order chi connectivity index (χ1) is 16.8. The van der Waals surface area contributed by atoms with Gasteiger partial charge in [0.1, 0.15) is 5.82 Å². The molecule has 1 saturated carbocycles. The first-order valence-corrected chi connectivity index (χ1v) is 11.8. The van der Waals surface area contributed by atoms with Crippen LogP contribution in [0, 0.1) is 5.92 Å². The number of carbonyl (C=O) groups excluding carboxylic acids is 1. The first kappa shape index (κ1) is 22.9. The lowest BCUT2D eigenvalue weighted by atomic mass is 9.77. The zero-order chi connectivity index (χ0) is 24.7. The van der Waals surface area contributed by atoms with Crippen LogP contribution in [0.1, 0.15) is 66.1 Å². The minimum atomic E-state index is -1.88. The molecule has 3 heterocycles. The summed E-state index contributed by atoms with van der Waals surface area (Å²) in [6, 6.07) is 9.86. The Morgan fingerprint density at radius 2 is 1.89 bits per heavy atom. The fourth-order valence-electron chi connectivity index (χ4n) is 5.25. The number of para-hydroxylation sites is 1. The second kappa shape index (κ2) is 9.09. The average molecular weight is 479 g/mol. The summed E-state index contributed by atoms with van der Waals surface area (Å²) in [6.07, 6.45) is 3.60. The summed E-state index contributed by atoms with van der Waals surface area (Å²) in [5.41, 5.74) is 9.77. The number of nitrogens with zero attached hydrogens (tertiary/aromatic N) is 5. The standard InChI is InChI=1S/C25H27FN6O3/c1-14(33)20-22(16-9-7-15(8-10-16)21(26)25(34)35)30-24-19(12-29-32(24)23(20)27)17-11-28-31(13-17)18-5-3-2-4-6-18/h2-6,11-12,15-17,21H,7-10,13,27H2,1H3,(H,34,35). The van der Waals surface area contributed by atoms with Crippen molar-refractivity contribution in [3.05, 3.63) is 53.3 Å². The van der Waals surface area contributed by atoms with Crippen LogP contribution in [-0.4, -0.2) is 50.4 Å². The van der Waals surface area contributed by atoms with Crippen molar-refractivity contribution in [1.82, 2.24) is 14.6 Å². The Hall–Kier alpha value is -3.82. The van der Waals surface area contributed by atoms with E-state index in [1.165, 1.54) is 11.4 Å². The molecule has 0 spiro atoms. The topological polar surface area (TPSA) is 126 Å². The van der Waals surface area contributed by atoms with Crippen molar-refractivity contribution in [2.45, 2.75) is 50.6 Å². The molecule has 182 valence electrons. The van der Waals surface area contributed by atoms with Gasteiger partial charge in [0.05, 0.1) is 29.7 Å². The first-order valence-electron chi connectivity index (χ1n) is 11.8. The van der Waals surface area contributed by atoms with E-state index in [0.717, 1.165) is 11.3 Å². The molecule has 2 aromatic heterocycles. The van der Waals surface area contributed by atoms with Gasteiger partial charge in [0.15, 0.2) is 17.6 Å². The number of hydrogen-bond acceptors (Lipinski definition) is 7. The zero-order valence-electron chi connectivity index (χ0n) is 19.3. The maximum absolute atomic E-state index is 14.0. The maximum Gasteiger partial charge on any atom is 0.338 e. The van der Waals surface area contributed by atoms with E-state index in [1.54, 1.807) is 6.20 Å². The number of aliphatic carboxylic acids is 1. The monoisotopic (exact) mass is 478 g/mol. The second-order valence-electron chi connectivity index (χ2n) is 9.29. The van der Waals surface area contributed by atoms with Crippen LogP contribution in [0.5, 0.6) is 0 Å². The minimum Gasteiger partial charge on any atom is -0.479 e. The number of carbonyl (C=O) groups is 2. The summed E-state index contributed by atoms with van der Waals surface area (Å²) in [6.45, 7) is 2.07. The molecular weight excluding hydrogens is 451 g/mol. The third-order valence-electron chi connectivity index (χ3n) is 7.11. The molecule has 1 aromatic carbocycles. The van der Waals surface area contributed by atoms with Crippen LogP contribution in [0.2, 0.25) is 0 Å². The molecule has 1 aliphatic heterocycles. The van der Waals surface area contributed by atoms with Gasteiger partial charge in [0, 0.05) is 29.5 Å². The number of ketones is 1. The number of nitrogen functional groups attached to an aromatic ring is 1. The normalized spacial score (nSPS) is 23.0. The lowest BCUT2D eigenvalue weighted by Crippen LogP contribution is -2.29. The summed E-state index contributed by atoms with van der Waals surface area (Å²) in [7, 11) is 0. The molecule has 35 heavy (non-hydrogen) atoms. The molecule has 2 unspecified atom stereocenters. The molecule has 0 bridgehead atoms. The van der Waals surface area contributed by atoms with E-state index in [4.69, 9.17) is 15.8 Å². The number of benzene rings is 1. The number of Topliss-reactive ketones (excluding diaryl/α,β-unsaturated/α-hetero) is 1. The lowest BCUT2D eigenvalue weighted by Gasteiger charge is -2.30. The SMILES string of the molecule is CC(=O)c1c(C2CCC(C(F)C(=O)O)CC2)nc2c(C3C=NN(c4ccccc4)C3)cnn2c1N. The van der Waals surface area contributed by atoms with Crippen LogP contribution in [0.3, 0.4) is 0 Å². The fourth-order valence-corrected chi connectivity index (χ4v) is 5.25. The van der Waals surface area contributed by atoms with Gasteiger partial charge in [-0.2, -0.15) is 14.7 Å². The minimum absolute atomic E-state index is 0.0609. The predicted octanol–water partition coefficient (Wildman–Crippen LogP) is 3.80. The van der Waals surface area contributed by atoms with E-state index >= 15 is 0 Å². The number of carboxylic acid groups (broad SMARTS) is 1. The molecule has 0 radical (unpaired) electrons. The van der Waals surface area contributed by atoms with Crippen molar-refractivity contribution in [3.8, 4) is 0 Å². The summed E-state index contributed by atoms with van der Waals surface area (Å²) in [5.74, 6) is -2.11. The molecule has 0 saturated heterocycles. The van der Waals surface area contributed by atoms with Gasteiger partial charge in [-0.25, -0.2) is 14.2 Å². The molecule has 0 amide bonds. The van der Waals surface area contributed by atoms with Crippen LogP contribution in [0.25, 0.3) is 5.65 Å². The van der Waals surface area contributed by atoms with Crippen molar-refractivity contribution in [2.75, 3.05) is 17.3 Å². The Kier molecular flexibility index (Phi) is 5.96. The summed E-state index contributed by atoms with van der Waals surface area (Å²) in [4.78, 5) is 28.5. The quantitative estimate of drug-likeness (QED) is 0.516. The van der Waals surface area contributed by atoms with Gasteiger partial charge < -0.3 is 10.8 Å². The highest BCUT2D eigenvalue weighted by atomic mass is 19.1. The highest BCUT2D eigenvalue weighted by molar-refractivity contribution is 6.00. The Morgan fingerprint density at radius 1 is 1.17 bits per heavy atom. The highest BCUT2D eigenvalue weighted by Gasteiger charge is 2.35. The van der Waals surface area contributed by atoms with Crippen molar-refractivity contribution in [2.24, 2.45) is 11.0 Å². The van der Waals surface area contributed by atoms with Crippen LogP contribution < -0.4 is 10.7 Å². The van der Waals surface area contributed by atoms with Crippen LogP contribution in [0.15, 0.2) is 41.6 Å². The number of aromatic nitrogens is 3. The Labute approximate surface area is 201 Å². The third kappa shape index (κ3) is 4.13. The molecule has 9 nitrogen and oxygen atoms in total. The molecule has 5 rings (SSSR count). The Bertz CT molecular complexity index is 1300. The van der Waals surface area contributed by atoms with E-state index in [1.807, 2.05) is 41.6 Å². The van der Waals surface area contributed by atoms with E-state index in [0.29, 0.717) is 49.1 Å². The number of carboxylic acids is 1. The van der Waals surface area contributed by atoms with E-state index in [2.05, 4.69) is 10.2 Å². The van der Waals surface area contributed by atoms with Gasteiger partial charge in [-0.1, -0.05) is 18.2 Å². The number of rotatable bonds is 6. The molecule has 1 aliphatic carbocycles.